The van der Waals surface area contributed by atoms with E-state index in [9.17, 15) is 0 Å². The molecule has 0 aliphatic carbocycles. The third-order valence-electron chi connectivity index (χ3n) is 7.54. The van der Waals surface area contributed by atoms with Crippen LogP contribution in [-0.4, -0.2) is 77.8 Å². The van der Waals surface area contributed by atoms with Gasteiger partial charge < -0.3 is 31.9 Å². The van der Waals surface area contributed by atoms with Gasteiger partial charge in [0.15, 0.2) is 0 Å². The molecule has 2 aliphatic heterocycles. The Morgan fingerprint density at radius 3 is 1.33 bits per heavy atom. The highest BCUT2D eigenvalue weighted by molar-refractivity contribution is 6.60. The van der Waals surface area contributed by atoms with Crippen LogP contribution in [0.25, 0.3) is 35.6 Å². The molecule has 0 fully saturated rings. The highest BCUT2D eigenvalue weighted by atomic mass is 28.4. The van der Waals surface area contributed by atoms with Gasteiger partial charge in [0.2, 0.25) is 0 Å². The summed E-state index contributed by atoms with van der Waals surface area (Å²) in [5.74, 6) is 0. The van der Waals surface area contributed by atoms with E-state index >= 15 is 0 Å². The van der Waals surface area contributed by atoms with E-state index in [0.717, 1.165) is 42.5 Å². The maximum atomic E-state index is 5.69. The van der Waals surface area contributed by atoms with Crippen molar-refractivity contribution < 1.29 is 31.0 Å². The molecule has 2 aromatic carbocycles. The van der Waals surface area contributed by atoms with E-state index in [1.54, 1.807) is 42.7 Å². The Balaban J connectivity index is 1.71. The van der Waals surface area contributed by atoms with Gasteiger partial charge in [0.05, 0.1) is 13.1 Å². The Morgan fingerprint density at radius 1 is 0.583 bits per heavy atom. The Labute approximate surface area is 215 Å². The van der Waals surface area contributed by atoms with Gasteiger partial charge in [-0.05, 0) is 22.6 Å². The first-order valence-electron chi connectivity index (χ1n) is 12.3. The molecule has 10 heteroatoms. The maximum Gasteiger partial charge on any atom is 0.500 e. The fourth-order valence-electron chi connectivity index (χ4n) is 5.53. The molecule has 8 nitrogen and oxygen atoms in total. The Morgan fingerprint density at radius 2 is 0.944 bits per heavy atom. The van der Waals surface area contributed by atoms with Crippen LogP contribution in [0.3, 0.4) is 0 Å². The molecule has 0 atom stereocenters. The largest absolute Gasteiger partial charge is 0.500 e. The van der Waals surface area contributed by atoms with Crippen LogP contribution in [0.15, 0.2) is 24.3 Å². The van der Waals surface area contributed by atoms with E-state index < -0.39 is 17.6 Å². The van der Waals surface area contributed by atoms with Crippen LogP contribution in [0.1, 0.15) is 12.8 Å². The van der Waals surface area contributed by atoms with E-state index in [4.69, 9.17) is 26.6 Å². The minimum absolute atomic E-state index is 0.718. The van der Waals surface area contributed by atoms with E-state index in [1.165, 1.54) is 31.6 Å². The number of rotatable bonds is 14. The molecular formula is C26H39N2O6Si2+. The van der Waals surface area contributed by atoms with Crippen molar-refractivity contribution in [3.05, 3.63) is 45.1 Å². The van der Waals surface area contributed by atoms with Gasteiger partial charge in [-0.25, -0.2) is 0 Å². The van der Waals surface area contributed by atoms with E-state index in [2.05, 4.69) is 54.4 Å². The van der Waals surface area contributed by atoms with Crippen molar-refractivity contribution in [2.24, 2.45) is 0 Å². The first-order chi connectivity index (χ1) is 17.4. The number of hydrogen-bond acceptors (Lipinski definition) is 7. The second-order valence-electron chi connectivity index (χ2n) is 9.30. The molecule has 1 N–H and O–H groups in total. The molecule has 2 aliphatic rings. The molecule has 0 aromatic heterocycles. The number of nitrogens with one attached hydrogen (secondary N) is 1. The summed E-state index contributed by atoms with van der Waals surface area (Å²) in [6.07, 6.45) is 10.8. The SMILES string of the molecule is CO[Si](CCC[N+]1(CCC[Si](OC)(OC)OC)C=c2ccc3c4c(ccc(c24)=C1)=CNC=3)(OC)OC. The van der Waals surface area contributed by atoms with Gasteiger partial charge in [-0.15, -0.1) is 0 Å². The van der Waals surface area contributed by atoms with Crippen LogP contribution in [0.2, 0.25) is 12.1 Å². The lowest BCUT2D eigenvalue weighted by molar-refractivity contribution is -0.772. The van der Waals surface area contributed by atoms with Gasteiger partial charge >= 0.3 is 17.6 Å². The predicted octanol–water partition coefficient (Wildman–Crippen LogP) is 0.762. The molecule has 0 unspecified atom stereocenters. The van der Waals surface area contributed by atoms with Gasteiger partial charge in [-0.3, -0.25) is 4.48 Å². The number of quaternary nitrogens is 1. The fourth-order valence-corrected chi connectivity index (χ4v) is 8.94. The maximum absolute atomic E-state index is 5.69. The van der Waals surface area contributed by atoms with Crippen LogP contribution in [0.5, 0.6) is 0 Å². The molecular weight excluding hydrogens is 492 g/mol. The van der Waals surface area contributed by atoms with E-state index in [0.29, 0.717) is 0 Å². The first-order valence-corrected chi connectivity index (χ1v) is 16.2. The van der Waals surface area contributed by atoms with Crippen LogP contribution >= 0.6 is 0 Å². The molecule has 196 valence electrons. The quantitative estimate of drug-likeness (QED) is 0.285. The Kier molecular flexibility index (Phi) is 8.50. The monoisotopic (exact) mass is 531 g/mol. The summed E-state index contributed by atoms with van der Waals surface area (Å²) < 4.78 is 34.8. The molecule has 36 heavy (non-hydrogen) atoms. The van der Waals surface area contributed by atoms with Crippen molar-refractivity contribution in [3.8, 4) is 0 Å². The van der Waals surface area contributed by atoms with Crippen molar-refractivity contribution in [2.75, 3.05) is 55.7 Å². The van der Waals surface area contributed by atoms with Crippen molar-refractivity contribution in [3.63, 3.8) is 0 Å². The molecule has 0 spiro atoms. The van der Waals surface area contributed by atoms with Gasteiger partial charge in [0, 0.05) is 101 Å². The molecule has 0 radical (unpaired) electrons. The molecule has 2 heterocycles. The second kappa shape index (κ2) is 11.3. The summed E-state index contributed by atoms with van der Waals surface area (Å²) >= 11 is 0. The van der Waals surface area contributed by atoms with Gasteiger partial charge in [-0.2, -0.15) is 0 Å². The molecule has 0 saturated carbocycles. The van der Waals surface area contributed by atoms with E-state index in [1.807, 2.05) is 0 Å². The summed E-state index contributed by atoms with van der Waals surface area (Å²) in [6, 6.07) is 10.4. The molecule has 0 saturated heterocycles. The number of benzene rings is 2. The highest BCUT2D eigenvalue weighted by Crippen LogP contribution is 2.24. The highest BCUT2D eigenvalue weighted by Gasteiger charge is 2.40. The van der Waals surface area contributed by atoms with E-state index in [-0.39, 0.29) is 0 Å². The summed E-state index contributed by atoms with van der Waals surface area (Å²) in [5.41, 5.74) is 0. The lowest BCUT2D eigenvalue weighted by Gasteiger charge is -2.35. The van der Waals surface area contributed by atoms with Crippen molar-refractivity contribution in [2.45, 2.75) is 24.9 Å². The predicted molar refractivity (Wildman–Crippen MR) is 146 cm³/mol. The zero-order valence-electron chi connectivity index (χ0n) is 22.3. The smallest absolute Gasteiger partial charge is 0.377 e. The molecule has 2 aromatic rings. The molecule has 4 rings (SSSR count). The standard InChI is InChI=1S/C26H39N2O6Si2/c1-29-35(30-2,31-3)15-7-13-28(14-8-16-36(32-4,33-5)34-6)19-23-11-9-21-17-27-18-22-10-12-24(20-28)26(23)25(21)22/h9-12,17-20,27H,7-8,13-16H2,1-6H3/q+1. The summed E-state index contributed by atoms with van der Waals surface area (Å²) in [5, 5.41) is 10.9. The topological polar surface area (TPSA) is 67.4 Å². The van der Waals surface area contributed by atoms with Crippen LogP contribution < -0.4 is 26.2 Å². The van der Waals surface area contributed by atoms with Crippen LogP contribution in [0, 0.1) is 0 Å². The average molecular weight is 532 g/mol. The molecule has 0 amide bonds. The van der Waals surface area contributed by atoms with Crippen molar-refractivity contribution in [1.82, 2.24) is 5.32 Å². The minimum atomic E-state index is -2.65. The summed E-state index contributed by atoms with van der Waals surface area (Å²) in [7, 11) is 4.73. The molecule has 0 bridgehead atoms. The number of hydrogen-bond donors (Lipinski definition) is 1. The van der Waals surface area contributed by atoms with Crippen molar-refractivity contribution in [1.29, 1.82) is 0 Å². The summed E-state index contributed by atoms with van der Waals surface area (Å²) in [6.45, 7) is 1.80. The zero-order valence-corrected chi connectivity index (χ0v) is 24.3. The van der Waals surface area contributed by atoms with Crippen LogP contribution in [0.4, 0.5) is 0 Å². The first kappa shape index (κ1) is 27.2. The Hall–Kier alpha value is -1.87. The third kappa shape index (κ3) is 5.10. The normalized spacial score (nSPS) is 15.9. The minimum Gasteiger partial charge on any atom is -0.377 e. The Bertz CT molecular complexity index is 1210. The van der Waals surface area contributed by atoms with Gasteiger partial charge in [0.1, 0.15) is 12.4 Å². The average Bonchev–Trinajstić information content (AvgIpc) is 2.93. The fraction of sp³-hybridized carbons (Fsp3) is 0.462. The number of nitrogens with zero attached hydrogens (tertiary/aromatic N) is 1. The summed E-state index contributed by atoms with van der Waals surface area (Å²) in [4.78, 5) is 0. The lowest BCUT2D eigenvalue weighted by atomic mass is 9.99. The van der Waals surface area contributed by atoms with Crippen LogP contribution in [-0.2, 0) is 26.6 Å². The lowest BCUT2D eigenvalue weighted by Crippen LogP contribution is -2.49. The third-order valence-corrected chi connectivity index (χ3v) is 13.2. The van der Waals surface area contributed by atoms with Crippen molar-refractivity contribution >= 4 is 53.2 Å². The second-order valence-corrected chi connectivity index (χ2v) is 15.5. The van der Waals surface area contributed by atoms with Gasteiger partial charge in [0.25, 0.3) is 0 Å². The van der Waals surface area contributed by atoms with Gasteiger partial charge in [-0.1, -0.05) is 12.1 Å². The zero-order chi connectivity index (χ0) is 25.8.